The average molecular weight is 343 g/mol. The van der Waals surface area contributed by atoms with Gasteiger partial charge in [-0.25, -0.2) is 4.79 Å². The predicted molar refractivity (Wildman–Crippen MR) is 98.1 cm³/mol. The third-order valence-corrected chi connectivity index (χ3v) is 5.86. The van der Waals surface area contributed by atoms with Crippen molar-refractivity contribution >= 4 is 17.9 Å². The minimum Gasteiger partial charge on any atom is -0.444 e. The molecule has 2 fully saturated rings. The predicted octanol–water partition coefficient (Wildman–Crippen LogP) is 3.90. The van der Waals surface area contributed by atoms with Crippen molar-refractivity contribution in [3.05, 3.63) is 0 Å². The second-order valence-corrected chi connectivity index (χ2v) is 9.82. The minimum atomic E-state index is -0.409. The number of hydrogen-bond donors (Lipinski definition) is 1. The van der Waals surface area contributed by atoms with Gasteiger partial charge in [0.05, 0.1) is 0 Å². The van der Waals surface area contributed by atoms with E-state index in [0.29, 0.717) is 17.5 Å². The Hall–Kier alpha value is -0.420. The summed E-state index contributed by atoms with van der Waals surface area (Å²) in [5.41, 5.74) is 0.0323. The number of hydrogen-bond acceptors (Lipinski definition) is 4. The maximum absolute atomic E-state index is 12.3. The van der Waals surface area contributed by atoms with Crippen molar-refractivity contribution in [1.29, 1.82) is 0 Å². The van der Waals surface area contributed by atoms with Gasteiger partial charge in [0.25, 0.3) is 0 Å². The highest BCUT2D eigenvalue weighted by molar-refractivity contribution is 7.99. The van der Waals surface area contributed by atoms with Crippen molar-refractivity contribution in [3.63, 3.8) is 0 Å². The van der Waals surface area contributed by atoms with Crippen LogP contribution >= 0.6 is 11.8 Å². The molecular weight excluding hydrogens is 308 g/mol. The zero-order valence-electron chi connectivity index (χ0n) is 15.5. The monoisotopic (exact) mass is 342 g/mol. The summed E-state index contributed by atoms with van der Waals surface area (Å²) in [5, 5.41) is 3.68. The normalized spacial score (nSPS) is 24.3. The summed E-state index contributed by atoms with van der Waals surface area (Å²) >= 11 is 2.05. The van der Waals surface area contributed by atoms with E-state index in [0.717, 1.165) is 32.4 Å². The molecule has 0 radical (unpaired) electrons. The molecule has 1 heterocycles. The van der Waals surface area contributed by atoms with Crippen LogP contribution in [0.15, 0.2) is 0 Å². The standard InChI is InChI=1S/C18H34N2O2S/c1-17(2,3)22-16(21)20(15-7-8-15)10-6-9-19-14-11-18(4,5)13-23-12-14/h14-15,19H,6-13H2,1-5H3. The van der Waals surface area contributed by atoms with Crippen molar-refractivity contribution in [1.82, 2.24) is 10.2 Å². The molecule has 1 aliphatic carbocycles. The Bertz CT molecular complexity index is 402. The van der Waals surface area contributed by atoms with Crippen molar-refractivity contribution in [2.75, 3.05) is 24.6 Å². The Balaban J connectivity index is 1.69. The molecular formula is C18H34N2O2S. The van der Waals surface area contributed by atoms with Crippen molar-refractivity contribution < 1.29 is 9.53 Å². The van der Waals surface area contributed by atoms with Crippen molar-refractivity contribution in [2.45, 2.75) is 78.0 Å². The van der Waals surface area contributed by atoms with E-state index in [1.165, 1.54) is 17.9 Å². The van der Waals surface area contributed by atoms with Crippen molar-refractivity contribution in [3.8, 4) is 0 Å². The third-order valence-electron chi connectivity index (χ3n) is 4.24. The first-order valence-corrected chi connectivity index (χ1v) is 10.1. The topological polar surface area (TPSA) is 41.6 Å². The summed E-state index contributed by atoms with van der Waals surface area (Å²) < 4.78 is 5.54. The Labute approximate surface area is 146 Å². The molecule has 0 aromatic rings. The summed E-state index contributed by atoms with van der Waals surface area (Å²) in [6.07, 6.45) is 4.35. The second kappa shape index (κ2) is 7.64. The van der Waals surface area contributed by atoms with Gasteiger partial charge in [0.2, 0.25) is 0 Å². The highest BCUT2D eigenvalue weighted by Crippen LogP contribution is 2.33. The van der Waals surface area contributed by atoms with E-state index in [2.05, 4.69) is 30.9 Å². The molecule has 1 amide bonds. The molecule has 1 saturated heterocycles. The lowest BCUT2D eigenvalue weighted by atomic mass is 9.88. The lowest BCUT2D eigenvalue weighted by Gasteiger charge is -2.35. The highest BCUT2D eigenvalue weighted by Gasteiger charge is 2.35. The van der Waals surface area contributed by atoms with Crippen LogP contribution in [0.2, 0.25) is 0 Å². The molecule has 23 heavy (non-hydrogen) atoms. The highest BCUT2D eigenvalue weighted by atomic mass is 32.2. The SMILES string of the molecule is CC1(C)CSCC(NCCCN(C(=O)OC(C)(C)C)C2CC2)C1. The van der Waals surface area contributed by atoms with Crippen LogP contribution in [0.1, 0.15) is 60.3 Å². The van der Waals surface area contributed by atoms with Crippen molar-refractivity contribution in [2.24, 2.45) is 5.41 Å². The molecule has 0 spiro atoms. The maximum Gasteiger partial charge on any atom is 0.410 e. The van der Waals surface area contributed by atoms with Crippen LogP contribution in [0.25, 0.3) is 0 Å². The number of nitrogens with one attached hydrogen (secondary N) is 1. The number of carbonyl (C=O) groups is 1. The summed E-state index contributed by atoms with van der Waals surface area (Å²) in [4.78, 5) is 14.2. The second-order valence-electron chi connectivity index (χ2n) is 8.79. The van der Waals surface area contributed by atoms with Crippen LogP contribution in [-0.2, 0) is 4.74 Å². The molecule has 2 aliphatic rings. The van der Waals surface area contributed by atoms with Crippen LogP contribution in [0, 0.1) is 5.41 Å². The van der Waals surface area contributed by atoms with Gasteiger partial charge in [-0.2, -0.15) is 11.8 Å². The third kappa shape index (κ3) is 6.92. The van der Waals surface area contributed by atoms with E-state index in [1.807, 2.05) is 25.7 Å². The Morgan fingerprint density at radius 2 is 2.04 bits per heavy atom. The zero-order valence-corrected chi connectivity index (χ0v) is 16.3. The molecule has 4 nitrogen and oxygen atoms in total. The number of amides is 1. The lowest BCUT2D eigenvalue weighted by molar-refractivity contribution is 0.0231. The van der Waals surface area contributed by atoms with Gasteiger partial charge in [-0.3, -0.25) is 0 Å². The first-order valence-electron chi connectivity index (χ1n) is 8.97. The van der Waals surface area contributed by atoms with Gasteiger partial charge in [0.15, 0.2) is 0 Å². The molecule has 0 aromatic heterocycles. The molecule has 5 heteroatoms. The van der Waals surface area contributed by atoms with Crippen LogP contribution in [0.3, 0.4) is 0 Å². The minimum absolute atomic E-state index is 0.144. The Kier molecular flexibility index (Phi) is 6.28. The Morgan fingerprint density at radius 1 is 1.35 bits per heavy atom. The smallest absolute Gasteiger partial charge is 0.410 e. The average Bonchev–Trinajstić information content (AvgIpc) is 3.19. The molecule has 0 aromatic carbocycles. The molecule has 1 atom stereocenters. The van der Waals surface area contributed by atoms with Crippen LogP contribution < -0.4 is 5.32 Å². The fourth-order valence-electron chi connectivity index (χ4n) is 3.08. The van der Waals surface area contributed by atoms with Crippen LogP contribution in [-0.4, -0.2) is 53.3 Å². The molecule has 2 rings (SSSR count). The first-order chi connectivity index (χ1) is 10.7. The zero-order chi connectivity index (χ0) is 17.1. The van der Waals surface area contributed by atoms with E-state index in [-0.39, 0.29) is 6.09 Å². The van der Waals surface area contributed by atoms with Crippen LogP contribution in [0.4, 0.5) is 4.79 Å². The first kappa shape index (κ1) is 18.9. The summed E-state index contributed by atoms with van der Waals surface area (Å²) in [7, 11) is 0. The number of thioether (sulfide) groups is 1. The fraction of sp³-hybridized carbons (Fsp3) is 0.944. The van der Waals surface area contributed by atoms with E-state index in [9.17, 15) is 4.79 Å². The number of carbonyl (C=O) groups excluding carboxylic acids is 1. The van der Waals surface area contributed by atoms with Gasteiger partial charge < -0.3 is 15.0 Å². The van der Waals surface area contributed by atoms with Gasteiger partial charge in [0.1, 0.15) is 5.60 Å². The summed E-state index contributed by atoms with van der Waals surface area (Å²) in [5.74, 6) is 2.47. The van der Waals surface area contributed by atoms with E-state index in [4.69, 9.17) is 4.74 Å². The fourth-order valence-corrected chi connectivity index (χ4v) is 4.39. The van der Waals surface area contributed by atoms with Gasteiger partial charge in [-0.05, 0) is 64.2 Å². The van der Waals surface area contributed by atoms with Gasteiger partial charge in [-0.1, -0.05) is 13.8 Å². The van der Waals surface area contributed by atoms with Gasteiger partial charge in [-0.15, -0.1) is 0 Å². The van der Waals surface area contributed by atoms with Crippen LogP contribution in [0.5, 0.6) is 0 Å². The van der Waals surface area contributed by atoms with E-state index >= 15 is 0 Å². The van der Waals surface area contributed by atoms with E-state index in [1.54, 1.807) is 0 Å². The van der Waals surface area contributed by atoms with Gasteiger partial charge >= 0.3 is 6.09 Å². The Morgan fingerprint density at radius 3 is 2.61 bits per heavy atom. The van der Waals surface area contributed by atoms with E-state index < -0.39 is 5.60 Å². The molecule has 134 valence electrons. The lowest BCUT2D eigenvalue weighted by Crippen LogP contribution is -2.42. The van der Waals surface area contributed by atoms with Gasteiger partial charge in [0, 0.05) is 24.4 Å². The number of ether oxygens (including phenoxy) is 1. The molecule has 0 bridgehead atoms. The number of rotatable bonds is 6. The largest absolute Gasteiger partial charge is 0.444 e. The molecule has 1 N–H and O–H groups in total. The summed E-state index contributed by atoms with van der Waals surface area (Å²) in [6.45, 7) is 12.3. The quantitative estimate of drug-likeness (QED) is 0.743. The number of nitrogens with zero attached hydrogens (tertiary/aromatic N) is 1. The molecule has 1 unspecified atom stereocenters. The molecule has 1 aliphatic heterocycles. The maximum atomic E-state index is 12.3. The molecule has 1 saturated carbocycles. The summed E-state index contributed by atoms with van der Waals surface area (Å²) in [6, 6.07) is 1.02.